The molecule has 0 radical (unpaired) electrons. The highest BCUT2D eigenvalue weighted by atomic mass is 35.5. The van der Waals surface area contributed by atoms with E-state index in [1.54, 1.807) is 12.1 Å². The van der Waals surface area contributed by atoms with Gasteiger partial charge < -0.3 is 0 Å². The normalized spacial score (nSPS) is 11.1. The summed E-state index contributed by atoms with van der Waals surface area (Å²) in [6.07, 6.45) is 0.854. The number of benzene rings is 1. The van der Waals surface area contributed by atoms with E-state index >= 15 is 0 Å². The van der Waals surface area contributed by atoms with Gasteiger partial charge in [-0.2, -0.15) is 0 Å². The minimum absolute atomic E-state index is 0.0752. The maximum atomic E-state index is 11.8. The van der Waals surface area contributed by atoms with Crippen LogP contribution in [-0.4, -0.2) is 9.78 Å². The fourth-order valence-corrected chi connectivity index (χ4v) is 2.02. The Morgan fingerprint density at radius 3 is 2.71 bits per heavy atom. The summed E-state index contributed by atoms with van der Waals surface area (Å²) < 4.78 is 1.49. The van der Waals surface area contributed by atoms with E-state index in [0.29, 0.717) is 16.6 Å². The molecule has 0 aliphatic rings. The zero-order valence-electron chi connectivity index (χ0n) is 9.90. The second kappa shape index (κ2) is 4.80. The van der Waals surface area contributed by atoms with Crippen molar-refractivity contribution in [3.05, 3.63) is 51.4 Å². The predicted octanol–water partition coefficient (Wildman–Crippen LogP) is 3.02. The molecular weight excluding hydrogens is 236 g/mol. The third-order valence-corrected chi connectivity index (χ3v) is 2.81. The molecule has 0 fully saturated rings. The van der Waals surface area contributed by atoms with Crippen molar-refractivity contribution >= 4 is 11.6 Å². The zero-order valence-corrected chi connectivity index (χ0v) is 10.7. The summed E-state index contributed by atoms with van der Waals surface area (Å²) in [6.45, 7) is 4.23. The molecular formula is C13H15ClN2O. The van der Waals surface area contributed by atoms with E-state index in [-0.39, 0.29) is 5.56 Å². The van der Waals surface area contributed by atoms with Crippen LogP contribution in [0.15, 0.2) is 35.1 Å². The number of H-pyrrole nitrogens is 1. The second-order valence-electron chi connectivity index (χ2n) is 4.50. The summed E-state index contributed by atoms with van der Waals surface area (Å²) in [5.41, 5.74) is 1.55. The maximum Gasteiger partial charge on any atom is 0.271 e. The van der Waals surface area contributed by atoms with Gasteiger partial charge in [0.1, 0.15) is 0 Å². The molecule has 0 saturated heterocycles. The zero-order chi connectivity index (χ0) is 12.4. The number of para-hydroxylation sites is 1. The van der Waals surface area contributed by atoms with Crippen LogP contribution < -0.4 is 5.56 Å². The Bertz CT molecular complexity index is 569. The topological polar surface area (TPSA) is 37.8 Å². The summed E-state index contributed by atoms with van der Waals surface area (Å²) in [6, 6.07) is 8.92. The lowest BCUT2D eigenvalue weighted by atomic mass is 10.1. The van der Waals surface area contributed by atoms with Gasteiger partial charge in [-0.25, -0.2) is 4.68 Å². The number of halogens is 1. The molecule has 0 unspecified atom stereocenters. The number of nitrogens with one attached hydrogen (secondary N) is 1. The van der Waals surface area contributed by atoms with Crippen molar-refractivity contribution in [1.82, 2.24) is 9.78 Å². The molecule has 1 heterocycles. The highest BCUT2D eigenvalue weighted by Crippen LogP contribution is 2.17. The van der Waals surface area contributed by atoms with Gasteiger partial charge in [0.05, 0.1) is 10.7 Å². The van der Waals surface area contributed by atoms with Gasteiger partial charge in [0.2, 0.25) is 0 Å². The van der Waals surface area contributed by atoms with E-state index in [9.17, 15) is 4.79 Å². The van der Waals surface area contributed by atoms with E-state index in [1.165, 1.54) is 4.68 Å². The summed E-state index contributed by atoms with van der Waals surface area (Å²) in [7, 11) is 0. The monoisotopic (exact) mass is 250 g/mol. The van der Waals surface area contributed by atoms with Gasteiger partial charge in [-0.1, -0.05) is 37.6 Å². The van der Waals surface area contributed by atoms with Gasteiger partial charge >= 0.3 is 0 Å². The summed E-state index contributed by atoms with van der Waals surface area (Å²) in [4.78, 5) is 11.8. The van der Waals surface area contributed by atoms with E-state index in [2.05, 4.69) is 18.9 Å². The second-order valence-corrected chi connectivity index (χ2v) is 4.91. The van der Waals surface area contributed by atoms with Crippen LogP contribution >= 0.6 is 11.6 Å². The van der Waals surface area contributed by atoms with Gasteiger partial charge in [-0.15, -0.1) is 0 Å². The van der Waals surface area contributed by atoms with Crippen LogP contribution in [0.3, 0.4) is 0 Å². The first-order valence-corrected chi connectivity index (χ1v) is 6.01. The number of aromatic amines is 1. The van der Waals surface area contributed by atoms with Crippen molar-refractivity contribution in [3.63, 3.8) is 0 Å². The Labute approximate surface area is 105 Å². The average Bonchev–Trinajstić information content (AvgIpc) is 2.59. The van der Waals surface area contributed by atoms with Crippen LogP contribution in [0, 0.1) is 5.92 Å². The quantitative estimate of drug-likeness (QED) is 0.894. The van der Waals surface area contributed by atoms with Crippen LogP contribution in [0.4, 0.5) is 0 Å². The molecule has 2 rings (SSSR count). The van der Waals surface area contributed by atoms with Crippen LogP contribution in [0.25, 0.3) is 5.69 Å². The number of hydrogen-bond donors (Lipinski definition) is 1. The van der Waals surface area contributed by atoms with Gasteiger partial charge in [-0.05, 0) is 24.5 Å². The molecule has 2 aromatic rings. The minimum Gasteiger partial charge on any atom is -0.295 e. The van der Waals surface area contributed by atoms with Crippen molar-refractivity contribution < 1.29 is 0 Å². The van der Waals surface area contributed by atoms with Gasteiger partial charge in [0.15, 0.2) is 0 Å². The summed E-state index contributed by atoms with van der Waals surface area (Å²) in [5, 5.41) is 3.65. The third-order valence-electron chi connectivity index (χ3n) is 2.50. The Balaban J connectivity index is 2.43. The molecule has 0 saturated carbocycles. The van der Waals surface area contributed by atoms with Crippen LogP contribution in [0.5, 0.6) is 0 Å². The molecule has 1 aromatic heterocycles. The van der Waals surface area contributed by atoms with Gasteiger partial charge in [0.25, 0.3) is 5.56 Å². The van der Waals surface area contributed by atoms with Crippen LogP contribution in [0.2, 0.25) is 5.02 Å². The Morgan fingerprint density at radius 2 is 2.06 bits per heavy atom. The molecule has 17 heavy (non-hydrogen) atoms. The van der Waals surface area contributed by atoms with Crippen molar-refractivity contribution in [1.29, 1.82) is 0 Å². The summed E-state index contributed by atoms with van der Waals surface area (Å²) >= 11 is 6.07. The predicted molar refractivity (Wildman–Crippen MR) is 69.9 cm³/mol. The molecule has 90 valence electrons. The highest BCUT2D eigenvalue weighted by molar-refractivity contribution is 6.32. The fraction of sp³-hybridized carbons (Fsp3) is 0.308. The molecule has 0 spiro atoms. The van der Waals surface area contributed by atoms with Crippen molar-refractivity contribution in [3.8, 4) is 5.69 Å². The molecule has 1 aromatic carbocycles. The first kappa shape index (κ1) is 12.0. The lowest BCUT2D eigenvalue weighted by Crippen LogP contribution is -2.13. The van der Waals surface area contributed by atoms with Gasteiger partial charge in [-0.3, -0.25) is 9.89 Å². The summed E-state index contributed by atoms with van der Waals surface area (Å²) in [5.74, 6) is 0.507. The van der Waals surface area contributed by atoms with Crippen LogP contribution in [-0.2, 0) is 6.42 Å². The highest BCUT2D eigenvalue weighted by Gasteiger charge is 2.08. The standard InChI is InChI=1S/C13H15ClN2O/c1-9(2)7-10-8-13(17)16(15-10)12-6-4-3-5-11(12)14/h3-6,8-9,15H,7H2,1-2H3. The molecule has 3 nitrogen and oxygen atoms in total. The number of nitrogens with zero attached hydrogens (tertiary/aromatic N) is 1. The van der Waals surface area contributed by atoms with E-state index in [1.807, 2.05) is 18.2 Å². The third kappa shape index (κ3) is 2.61. The lowest BCUT2D eigenvalue weighted by molar-refractivity contribution is 0.628. The molecule has 0 amide bonds. The lowest BCUT2D eigenvalue weighted by Gasteiger charge is -2.05. The molecule has 1 N–H and O–H groups in total. The van der Waals surface area contributed by atoms with Crippen molar-refractivity contribution in [2.45, 2.75) is 20.3 Å². The maximum absolute atomic E-state index is 11.8. The van der Waals surface area contributed by atoms with Crippen LogP contribution in [0.1, 0.15) is 19.5 Å². The first-order valence-electron chi connectivity index (χ1n) is 5.64. The van der Waals surface area contributed by atoms with E-state index in [4.69, 9.17) is 11.6 Å². The van der Waals surface area contributed by atoms with E-state index in [0.717, 1.165) is 12.1 Å². The fourth-order valence-electron chi connectivity index (χ4n) is 1.80. The number of aromatic nitrogens is 2. The number of hydrogen-bond acceptors (Lipinski definition) is 1. The average molecular weight is 251 g/mol. The Hall–Kier alpha value is -1.48. The smallest absolute Gasteiger partial charge is 0.271 e. The first-order chi connectivity index (χ1) is 8.08. The largest absolute Gasteiger partial charge is 0.295 e. The minimum atomic E-state index is -0.0752. The van der Waals surface area contributed by atoms with Crippen molar-refractivity contribution in [2.75, 3.05) is 0 Å². The molecule has 4 heteroatoms. The molecule has 0 atom stereocenters. The Morgan fingerprint density at radius 1 is 1.35 bits per heavy atom. The number of rotatable bonds is 3. The van der Waals surface area contributed by atoms with Gasteiger partial charge in [0, 0.05) is 11.8 Å². The van der Waals surface area contributed by atoms with Crippen molar-refractivity contribution in [2.24, 2.45) is 5.92 Å². The molecule has 0 aliphatic heterocycles. The molecule has 0 aliphatic carbocycles. The molecule has 0 bridgehead atoms. The SMILES string of the molecule is CC(C)Cc1cc(=O)n(-c2ccccc2Cl)[nH]1. The van der Waals surface area contributed by atoms with E-state index < -0.39 is 0 Å². The Kier molecular flexibility index (Phi) is 3.38.